The van der Waals surface area contributed by atoms with E-state index < -0.39 is 12.0 Å². The van der Waals surface area contributed by atoms with Crippen molar-refractivity contribution in [2.45, 2.75) is 74.8 Å². The number of amides is 1. The third-order valence-electron chi connectivity index (χ3n) is 13.0. The van der Waals surface area contributed by atoms with Gasteiger partial charge in [-0.15, -0.1) is 0 Å². The van der Waals surface area contributed by atoms with Gasteiger partial charge in [-0.2, -0.15) is 0 Å². The third kappa shape index (κ3) is 15.0. The minimum Gasteiger partial charge on any atom is -0.468 e. The van der Waals surface area contributed by atoms with Crippen molar-refractivity contribution in [3.05, 3.63) is 215 Å². The Morgan fingerprint density at radius 2 is 0.928 bits per heavy atom. The molecule has 0 radical (unpaired) electrons. The fourth-order valence-corrected chi connectivity index (χ4v) is 9.52. The van der Waals surface area contributed by atoms with Crippen molar-refractivity contribution in [3.63, 3.8) is 0 Å². The fraction of sp³-hybridized carbons (Fsp3) is 0.310. The number of benzene rings is 6. The van der Waals surface area contributed by atoms with Crippen molar-refractivity contribution in [1.29, 1.82) is 0 Å². The molecule has 0 aliphatic carbocycles. The highest BCUT2D eigenvalue weighted by atomic mass is 35.5. The predicted octanol–water partition coefficient (Wildman–Crippen LogP) is 9.48. The van der Waals surface area contributed by atoms with Gasteiger partial charge in [-0.25, -0.2) is 4.79 Å². The predicted molar refractivity (Wildman–Crippen MR) is 273 cm³/mol. The molecule has 2 fully saturated rings. The number of halogens is 1. The molecule has 0 saturated carbocycles. The first-order valence-electron chi connectivity index (χ1n) is 23.6. The summed E-state index contributed by atoms with van der Waals surface area (Å²) in [6, 6.07) is 59.3. The number of carbonyl (C=O) groups excluding carboxylic acids is 4. The van der Waals surface area contributed by atoms with E-state index in [0.29, 0.717) is 19.0 Å². The quantitative estimate of drug-likeness (QED) is 0.0845. The van der Waals surface area contributed by atoms with E-state index in [2.05, 4.69) is 65.6 Å². The smallest absolute Gasteiger partial charge is 0.328 e. The summed E-state index contributed by atoms with van der Waals surface area (Å²) in [4.78, 5) is 56.3. The van der Waals surface area contributed by atoms with Gasteiger partial charge in [-0.1, -0.05) is 182 Å². The molecule has 10 nitrogen and oxygen atoms in total. The van der Waals surface area contributed by atoms with Crippen LogP contribution in [0.5, 0.6) is 0 Å². The molecule has 1 amide bonds. The van der Waals surface area contributed by atoms with Crippen LogP contribution in [-0.4, -0.2) is 103 Å². The first kappa shape index (κ1) is 52.0. The number of nitrogens with one attached hydrogen (secondary N) is 1. The molecule has 0 bridgehead atoms. The molecule has 2 heterocycles. The minimum absolute atomic E-state index is 0.0584. The van der Waals surface area contributed by atoms with Gasteiger partial charge in [0.05, 0.1) is 26.1 Å². The zero-order valence-corrected chi connectivity index (χ0v) is 40.9. The molecule has 4 atom stereocenters. The number of hydrogen-bond donors (Lipinski definition) is 1. The summed E-state index contributed by atoms with van der Waals surface area (Å²) < 4.78 is 9.97. The van der Waals surface area contributed by atoms with Crippen LogP contribution in [0, 0.1) is 0 Å². The number of nitrogens with zero attached hydrogens (tertiary/aromatic N) is 3. The van der Waals surface area contributed by atoms with E-state index in [0.717, 1.165) is 61.2 Å². The van der Waals surface area contributed by atoms with Gasteiger partial charge in [-0.05, 0) is 91.3 Å². The Morgan fingerprint density at radius 1 is 0.551 bits per heavy atom. The van der Waals surface area contributed by atoms with Crippen molar-refractivity contribution in [2.75, 3.05) is 41.4 Å². The monoisotopic (exact) mass is 948 g/mol. The molecule has 0 aromatic heterocycles. The van der Waals surface area contributed by atoms with Crippen LogP contribution in [0.4, 0.5) is 0 Å². The van der Waals surface area contributed by atoms with E-state index in [1.807, 2.05) is 146 Å². The fourth-order valence-electron chi connectivity index (χ4n) is 9.27. The van der Waals surface area contributed by atoms with Gasteiger partial charge in [0.15, 0.2) is 0 Å². The number of likely N-dealkylation sites (tertiary alicyclic amines) is 1. The second kappa shape index (κ2) is 26.9. The molecule has 11 heteroatoms. The minimum atomic E-state index is -0.607. The van der Waals surface area contributed by atoms with E-state index in [1.54, 1.807) is 4.90 Å². The normalized spacial score (nSPS) is 17.8. The lowest BCUT2D eigenvalue weighted by Gasteiger charge is -2.42. The molecule has 1 N–H and O–H groups in total. The number of piperidine rings is 2. The summed E-state index contributed by atoms with van der Waals surface area (Å²) in [6.45, 7) is 3.09. The van der Waals surface area contributed by atoms with Crippen molar-refractivity contribution >= 4 is 34.7 Å². The summed E-state index contributed by atoms with van der Waals surface area (Å²) >= 11 is 5.67. The first-order chi connectivity index (χ1) is 33.6. The molecule has 360 valence electrons. The summed E-state index contributed by atoms with van der Waals surface area (Å²) in [6.07, 6.45) is 3.24. The van der Waals surface area contributed by atoms with E-state index in [-0.39, 0.29) is 41.1 Å². The highest BCUT2D eigenvalue weighted by Gasteiger charge is 2.41. The Balaban J connectivity index is 0.000000188. The van der Waals surface area contributed by atoms with Crippen LogP contribution >= 0.6 is 11.6 Å². The molecule has 69 heavy (non-hydrogen) atoms. The molecule has 2 aliphatic rings. The van der Waals surface area contributed by atoms with Crippen LogP contribution in [0.3, 0.4) is 0 Å². The zero-order chi connectivity index (χ0) is 49.0. The largest absolute Gasteiger partial charge is 0.468 e. The third-order valence-corrected chi connectivity index (χ3v) is 13.2. The first-order valence-corrected chi connectivity index (χ1v) is 24.0. The molecule has 0 unspecified atom stereocenters. The Bertz CT molecular complexity index is 2390. The second-order valence-corrected chi connectivity index (χ2v) is 17.9. The number of esters is 2. The summed E-state index contributed by atoms with van der Waals surface area (Å²) in [5.41, 5.74) is 6.23. The molecule has 8 rings (SSSR count). The molecule has 6 aromatic rings. The van der Waals surface area contributed by atoms with Crippen LogP contribution in [0.25, 0.3) is 0 Å². The highest BCUT2D eigenvalue weighted by Crippen LogP contribution is 2.32. The molecular weight excluding hydrogens is 884 g/mol. The standard InChI is InChI=1S/C29H32N2O3.C15H22N2O2.C14H11ClO/c1-30(21-22-12-6-3-7-13-22)25-18-19-31(26(20-25)29(33)34-2)28(32)27(23-14-8-4-9-15-23)24-16-10-5-11-17-24;1-17(11-12-6-4-3-5-7-12)13-8-9-16-14(10-13)15(18)19-2;15-14(16)13(11-7-3-1-4-8-11)12-9-5-2-6-10-12/h3-17,25-27H,18-21H2,1-2H3;3-7,13-14,16H,8-11H2,1-2H3;1-10,13H/t25-,26-;13-,14-;/m00./s1. The summed E-state index contributed by atoms with van der Waals surface area (Å²) in [5.74, 6) is -1.40. The number of hydrogen-bond acceptors (Lipinski definition) is 9. The SMILES string of the molecule is COC(=O)[C@@H]1C[C@@H](N(C)Cc2ccccc2)CCN1.COC(=O)[C@@H]1C[C@@H](N(C)Cc2ccccc2)CCN1C(=O)C(c1ccccc1)c1ccccc1.O=C(Cl)C(c1ccccc1)c1ccccc1. The molecule has 6 aromatic carbocycles. The van der Waals surface area contributed by atoms with Gasteiger partial charge in [0, 0.05) is 31.7 Å². The van der Waals surface area contributed by atoms with Crippen LogP contribution in [0.15, 0.2) is 182 Å². The van der Waals surface area contributed by atoms with E-state index >= 15 is 0 Å². The number of carbonyl (C=O) groups is 4. The Labute approximate surface area is 413 Å². The lowest BCUT2D eigenvalue weighted by molar-refractivity contribution is -0.156. The Hall–Kier alpha value is -6.43. The number of methoxy groups -OCH3 is 2. The molecular formula is C58H65ClN4O6. The van der Waals surface area contributed by atoms with Crippen molar-refractivity contribution in [3.8, 4) is 0 Å². The van der Waals surface area contributed by atoms with Crippen LogP contribution in [0.1, 0.15) is 70.9 Å². The van der Waals surface area contributed by atoms with E-state index in [4.69, 9.17) is 21.1 Å². The summed E-state index contributed by atoms with van der Waals surface area (Å²) in [5, 5.41) is 2.87. The molecule has 2 aliphatic heterocycles. The van der Waals surface area contributed by atoms with Crippen LogP contribution in [0.2, 0.25) is 0 Å². The average molecular weight is 950 g/mol. The molecule has 0 spiro atoms. The van der Waals surface area contributed by atoms with Crippen LogP contribution < -0.4 is 5.32 Å². The lowest BCUT2D eigenvalue weighted by Crippen LogP contribution is -2.55. The van der Waals surface area contributed by atoms with Gasteiger partial charge in [0.2, 0.25) is 11.1 Å². The van der Waals surface area contributed by atoms with E-state index in [1.165, 1.54) is 25.3 Å². The van der Waals surface area contributed by atoms with Gasteiger partial charge in [0.1, 0.15) is 12.1 Å². The maximum atomic E-state index is 14.0. The topological polar surface area (TPSA) is 108 Å². The number of ether oxygens (including phenoxy) is 2. The van der Waals surface area contributed by atoms with Gasteiger partial charge in [0.25, 0.3) is 0 Å². The van der Waals surface area contributed by atoms with Crippen molar-refractivity contribution in [2.24, 2.45) is 0 Å². The lowest BCUT2D eigenvalue weighted by atomic mass is 9.87. The maximum Gasteiger partial charge on any atom is 0.328 e. The number of rotatable bonds is 14. The highest BCUT2D eigenvalue weighted by molar-refractivity contribution is 6.65. The van der Waals surface area contributed by atoms with Gasteiger partial charge in [-0.3, -0.25) is 24.2 Å². The Morgan fingerprint density at radius 3 is 1.32 bits per heavy atom. The maximum absolute atomic E-state index is 14.0. The average Bonchev–Trinajstić information content (AvgIpc) is 3.40. The van der Waals surface area contributed by atoms with Gasteiger partial charge < -0.3 is 19.7 Å². The van der Waals surface area contributed by atoms with Crippen LogP contribution in [-0.2, 0) is 41.7 Å². The van der Waals surface area contributed by atoms with Gasteiger partial charge >= 0.3 is 11.9 Å². The van der Waals surface area contributed by atoms with Crippen molar-refractivity contribution < 1.29 is 28.7 Å². The zero-order valence-electron chi connectivity index (χ0n) is 40.1. The van der Waals surface area contributed by atoms with Crippen molar-refractivity contribution in [1.82, 2.24) is 20.0 Å². The Kier molecular flexibility index (Phi) is 20.3. The second-order valence-electron chi connectivity index (χ2n) is 17.6. The molecule has 2 saturated heterocycles. The van der Waals surface area contributed by atoms with E-state index in [9.17, 15) is 19.2 Å². The summed E-state index contributed by atoms with van der Waals surface area (Å²) in [7, 11) is 7.05.